The topological polar surface area (TPSA) is 43.3 Å². The van der Waals surface area contributed by atoms with Gasteiger partial charge in [-0.3, -0.25) is 4.79 Å². The highest BCUT2D eigenvalue weighted by Gasteiger charge is 2.28. The fourth-order valence-corrected chi connectivity index (χ4v) is 2.38. The van der Waals surface area contributed by atoms with Gasteiger partial charge in [0.2, 0.25) is 0 Å². The second-order valence-corrected chi connectivity index (χ2v) is 5.75. The quantitative estimate of drug-likeness (QED) is 0.877. The third-order valence-electron chi connectivity index (χ3n) is 3.12. The van der Waals surface area contributed by atoms with Crippen LogP contribution in [0.15, 0.2) is 16.7 Å². The molecule has 1 aliphatic carbocycles. The van der Waals surface area contributed by atoms with Gasteiger partial charge in [0.15, 0.2) is 0 Å². The molecule has 1 N–H and O–H groups in total. The van der Waals surface area contributed by atoms with Gasteiger partial charge in [-0.2, -0.15) is 0 Å². The lowest BCUT2D eigenvalue weighted by atomic mass is 10.2. The molecule has 0 spiro atoms. The highest BCUT2D eigenvalue weighted by Crippen LogP contribution is 2.37. The molecular weight excluding hydrogens is 296 g/mol. The first-order valence-electron chi connectivity index (χ1n) is 6.29. The molecule has 0 aliphatic heterocycles. The molecular formula is C13H19BrN2O2. The first kappa shape index (κ1) is 13.6. The van der Waals surface area contributed by atoms with E-state index in [2.05, 4.69) is 25.8 Å². The van der Waals surface area contributed by atoms with Gasteiger partial charge in [-0.15, -0.1) is 0 Å². The zero-order chi connectivity index (χ0) is 13.1. The molecule has 1 fully saturated rings. The normalized spacial score (nSPS) is 16.6. The Labute approximate surface area is 116 Å². The van der Waals surface area contributed by atoms with Gasteiger partial charge < -0.3 is 14.6 Å². The molecule has 1 unspecified atom stereocenters. The molecule has 100 valence electrons. The smallest absolute Gasteiger partial charge is 0.268 e. The lowest BCUT2D eigenvalue weighted by Gasteiger charge is -2.14. The van der Waals surface area contributed by atoms with Crippen LogP contribution < -0.4 is 5.32 Å². The molecule has 5 heteroatoms. The Kier molecular flexibility index (Phi) is 4.45. The van der Waals surface area contributed by atoms with Gasteiger partial charge in [-0.1, -0.05) is 0 Å². The van der Waals surface area contributed by atoms with E-state index in [1.165, 1.54) is 12.8 Å². The standard InChI is InChI=1S/C13H19BrN2O2/c1-9(5-6-18-2)15-13(17)12-7-10(14)8-16(12)11-3-4-11/h7-9,11H,3-6H2,1-2H3,(H,15,17). The molecule has 2 rings (SSSR count). The number of rotatable bonds is 6. The minimum atomic E-state index is -0.00352. The lowest BCUT2D eigenvalue weighted by molar-refractivity contribution is 0.0920. The highest BCUT2D eigenvalue weighted by atomic mass is 79.9. The summed E-state index contributed by atoms with van der Waals surface area (Å²) >= 11 is 3.43. The van der Waals surface area contributed by atoms with Gasteiger partial charge in [0.25, 0.3) is 5.91 Å². The van der Waals surface area contributed by atoms with Crippen LogP contribution in [0.25, 0.3) is 0 Å². The number of carbonyl (C=O) groups is 1. The number of methoxy groups -OCH3 is 1. The Bertz CT molecular complexity index is 427. The van der Waals surface area contributed by atoms with Gasteiger partial charge in [0, 0.05) is 36.5 Å². The Hall–Kier alpha value is -0.810. The van der Waals surface area contributed by atoms with Crippen LogP contribution in [0.3, 0.4) is 0 Å². The van der Waals surface area contributed by atoms with Crippen molar-refractivity contribution < 1.29 is 9.53 Å². The van der Waals surface area contributed by atoms with Crippen molar-refractivity contribution >= 4 is 21.8 Å². The number of amides is 1. The highest BCUT2D eigenvalue weighted by molar-refractivity contribution is 9.10. The van der Waals surface area contributed by atoms with Crippen LogP contribution in [0, 0.1) is 0 Å². The van der Waals surface area contributed by atoms with E-state index in [9.17, 15) is 4.79 Å². The van der Waals surface area contributed by atoms with Crippen molar-refractivity contribution in [1.29, 1.82) is 0 Å². The first-order valence-corrected chi connectivity index (χ1v) is 7.08. The molecule has 0 saturated heterocycles. The minimum Gasteiger partial charge on any atom is -0.385 e. The zero-order valence-electron chi connectivity index (χ0n) is 10.8. The zero-order valence-corrected chi connectivity index (χ0v) is 12.4. The maximum atomic E-state index is 12.2. The van der Waals surface area contributed by atoms with E-state index in [1.54, 1.807) is 7.11 Å². The van der Waals surface area contributed by atoms with E-state index in [-0.39, 0.29) is 11.9 Å². The molecule has 0 bridgehead atoms. The second-order valence-electron chi connectivity index (χ2n) is 4.84. The van der Waals surface area contributed by atoms with Gasteiger partial charge >= 0.3 is 0 Å². The van der Waals surface area contributed by atoms with Crippen LogP contribution in [-0.2, 0) is 4.74 Å². The van der Waals surface area contributed by atoms with E-state index in [0.717, 1.165) is 16.6 Å². The van der Waals surface area contributed by atoms with Crippen LogP contribution in [0.1, 0.15) is 42.7 Å². The SMILES string of the molecule is COCCC(C)NC(=O)c1cc(Br)cn1C1CC1. The van der Waals surface area contributed by atoms with E-state index in [1.807, 2.05) is 19.2 Å². The van der Waals surface area contributed by atoms with E-state index >= 15 is 0 Å². The van der Waals surface area contributed by atoms with Crippen molar-refractivity contribution in [3.8, 4) is 0 Å². The van der Waals surface area contributed by atoms with Crippen molar-refractivity contribution in [1.82, 2.24) is 9.88 Å². The Morgan fingerprint density at radius 1 is 1.67 bits per heavy atom. The molecule has 1 atom stereocenters. The van der Waals surface area contributed by atoms with E-state index in [4.69, 9.17) is 4.74 Å². The lowest BCUT2D eigenvalue weighted by Crippen LogP contribution is -2.34. The van der Waals surface area contributed by atoms with Crippen LogP contribution >= 0.6 is 15.9 Å². The number of nitrogens with zero attached hydrogens (tertiary/aromatic N) is 1. The summed E-state index contributed by atoms with van der Waals surface area (Å²) in [5.74, 6) is -0.00352. The summed E-state index contributed by atoms with van der Waals surface area (Å²) in [4.78, 5) is 12.2. The third kappa shape index (κ3) is 3.36. The van der Waals surface area contributed by atoms with Gasteiger partial charge in [-0.25, -0.2) is 0 Å². The van der Waals surface area contributed by atoms with Crippen LogP contribution in [-0.4, -0.2) is 30.2 Å². The number of ether oxygens (including phenoxy) is 1. The number of hydrogen-bond acceptors (Lipinski definition) is 2. The van der Waals surface area contributed by atoms with Crippen molar-refractivity contribution in [2.24, 2.45) is 0 Å². The monoisotopic (exact) mass is 314 g/mol. The summed E-state index contributed by atoms with van der Waals surface area (Å²) in [5.41, 5.74) is 0.744. The van der Waals surface area contributed by atoms with E-state index < -0.39 is 0 Å². The largest absolute Gasteiger partial charge is 0.385 e. The average Bonchev–Trinajstić information content (AvgIpc) is 3.09. The van der Waals surface area contributed by atoms with Gasteiger partial charge in [0.1, 0.15) is 5.69 Å². The molecule has 1 saturated carbocycles. The summed E-state index contributed by atoms with van der Waals surface area (Å²) in [6, 6.07) is 2.52. The molecule has 1 heterocycles. The van der Waals surface area contributed by atoms with Crippen molar-refractivity contribution in [2.45, 2.75) is 38.3 Å². The summed E-state index contributed by atoms with van der Waals surface area (Å²) in [7, 11) is 1.67. The summed E-state index contributed by atoms with van der Waals surface area (Å²) in [5, 5.41) is 3.01. The number of hydrogen-bond donors (Lipinski definition) is 1. The van der Waals surface area contributed by atoms with Crippen LogP contribution in [0.5, 0.6) is 0 Å². The van der Waals surface area contributed by atoms with Crippen molar-refractivity contribution in [3.63, 3.8) is 0 Å². The Morgan fingerprint density at radius 3 is 3.00 bits per heavy atom. The summed E-state index contributed by atoms with van der Waals surface area (Å²) in [6.45, 7) is 2.66. The number of nitrogens with one attached hydrogen (secondary N) is 1. The van der Waals surface area contributed by atoms with Crippen LogP contribution in [0.4, 0.5) is 0 Å². The number of carbonyl (C=O) groups excluding carboxylic acids is 1. The molecule has 0 aromatic carbocycles. The molecule has 1 amide bonds. The fraction of sp³-hybridized carbons (Fsp3) is 0.615. The molecule has 1 aliphatic rings. The fourth-order valence-electron chi connectivity index (χ4n) is 1.95. The molecule has 18 heavy (non-hydrogen) atoms. The molecule has 1 aromatic heterocycles. The van der Waals surface area contributed by atoms with Gasteiger partial charge in [-0.05, 0) is 48.2 Å². The Morgan fingerprint density at radius 2 is 2.39 bits per heavy atom. The molecule has 0 radical (unpaired) electrons. The summed E-state index contributed by atoms with van der Waals surface area (Å²) in [6.07, 6.45) is 5.15. The van der Waals surface area contributed by atoms with Gasteiger partial charge in [0.05, 0.1) is 0 Å². The maximum Gasteiger partial charge on any atom is 0.268 e. The third-order valence-corrected chi connectivity index (χ3v) is 3.55. The molecule has 1 aromatic rings. The van der Waals surface area contributed by atoms with Crippen LogP contribution in [0.2, 0.25) is 0 Å². The summed E-state index contributed by atoms with van der Waals surface area (Å²) < 4.78 is 8.05. The van der Waals surface area contributed by atoms with Crippen molar-refractivity contribution in [2.75, 3.05) is 13.7 Å². The van der Waals surface area contributed by atoms with Crippen molar-refractivity contribution in [3.05, 3.63) is 22.4 Å². The minimum absolute atomic E-state index is 0.00352. The maximum absolute atomic E-state index is 12.2. The predicted molar refractivity (Wildman–Crippen MR) is 73.8 cm³/mol. The number of aromatic nitrogens is 1. The average molecular weight is 315 g/mol. The Balaban J connectivity index is 1.99. The predicted octanol–water partition coefficient (Wildman–Crippen LogP) is 2.74. The molecule has 4 nitrogen and oxygen atoms in total. The second kappa shape index (κ2) is 5.89. The first-order chi connectivity index (χ1) is 8.61. The van der Waals surface area contributed by atoms with E-state index in [0.29, 0.717) is 12.6 Å². The number of halogens is 1.